The quantitative estimate of drug-likeness (QED) is 0.664. The van der Waals surface area contributed by atoms with Gasteiger partial charge in [-0.1, -0.05) is 24.3 Å². The molecule has 3 aromatic rings. The molecule has 2 aromatic heterocycles. The van der Waals surface area contributed by atoms with Crippen molar-refractivity contribution in [3.8, 4) is 11.5 Å². The van der Waals surface area contributed by atoms with Gasteiger partial charge >= 0.3 is 0 Å². The molecule has 0 saturated carbocycles. The van der Waals surface area contributed by atoms with Crippen molar-refractivity contribution < 1.29 is 9.47 Å². The smallest absolute Gasteiger partial charge is 0.161 e. The highest BCUT2D eigenvalue weighted by Gasteiger charge is 2.12. The molecule has 0 saturated heterocycles. The number of ether oxygens (including phenoxy) is 2. The number of benzene rings is 1. The molecular formula is C19H19N3O2. The third kappa shape index (κ3) is 3.81. The van der Waals surface area contributed by atoms with Crippen LogP contribution in [0.1, 0.15) is 0 Å². The molecule has 0 N–H and O–H groups in total. The van der Waals surface area contributed by atoms with E-state index >= 15 is 0 Å². The Labute approximate surface area is 141 Å². The summed E-state index contributed by atoms with van der Waals surface area (Å²) in [5.74, 6) is 3.11. The Bertz CT molecular complexity index is 711. The summed E-state index contributed by atoms with van der Waals surface area (Å²) in [5, 5.41) is 0. The van der Waals surface area contributed by atoms with Crippen molar-refractivity contribution in [2.45, 2.75) is 0 Å². The van der Waals surface area contributed by atoms with E-state index in [0.717, 1.165) is 23.1 Å². The van der Waals surface area contributed by atoms with Crippen molar-refractivity contribution in [2.75, 3.05) is 25.2 Å². The van der Waals surface area contributed by atoms with Gasteiger partial charge in [-0.15, -0.1) is 0 Å². The lowest BCUT2D eigenvalue weighted by Crippen LogP contribution is -2.25. The highest BCUT2D eigenvalue weighted by molar-refractivity contribution is 5.55. The number of nitrogens with zero attached hydrogens (tertiary/aromatic N) is 3. The molecule has 0 aliphatic heterocycles. The minimum Gasteiger partial charge on any atom is -0.493 e. The Morgan fingerprint density at radius 3 is 1.92 bits per heavy atom. The molecule has 122 valence electrons. The van der Waals surface area contributed by atoms with Gasteiger partial charge in [-0.3, -0.25) is 0 Å². The van der Waals surface area contributed by atoms with Crippen molar-refractivity contribution in [1.29, 1.82) is 0 Å². The largest absolute Gasteiger partial charge is 0.493 e. The predicted octanol–water partition coefficient (Wildman–Crippen LogP) is 3.70. The zero-order chi connectivity index (χ0) is 16.6. The minimum absolute atomic E-state index is 0.480. The Kier molecular flexibility index (Phi) is 5.24. The van der Waals surface area contributed by atoms with Crippen molar-refractivity contribution in [2.24, 2.45) is 0 Å². The molecule has 0 unspecified atom stereocenters. The lowest BCUT2D eigenvalue weighted by atomic mass is 10.3. The van der Waals surface area contributed by atoms with Crippen LogP contribution in [-0.2, 0) is 0 Å². The van der Waals surface area contributed by atoms with E-state index in [1.807, 2.05) is 65.6 Å². The molecule has 0 fully saturated rings. The maximum atomic E-state index is 5.88. The lowest BCUT2D eigenvalue weighted by molar-refractivity contribution is 0.302. The molecule has 0 aliphatic carbocycles. The topological polar surface area (TPSA) is 47.5 Å². The lowest BCUT2D eigenvalue weighted by Gasteiger charge is -2.22. The highest BCUT2D eigenvalue weighted by Crippen LogP contribution is 2.26. The molecule has 2 heterocycles. The molecule has 0 atom stereocenters. The monoisotopic (exact) mass is 321 g/mol. The highest BCUT2D eigenvalue weighted by atomic mass is 16.5. The average Bonchev–Trinajstić information content (AvgIpc) is 2.67. The fourth-order valence-corrected chi connectivity index (χ4v) is 2.36. The first-order chi connectivity index (χ1) is 11.9. The fourth-order valence-electron chi connectivity index (χ4n) is 2.36. The third-order valence-corrected chi connectivity index (χ3v) is 3.49. The van der Waals surface area contributed by atoms with E-state index in [4.69, 9.17) is 9.47 Å². The van der Waals surface area contributed by atoms with Gasteiger partial charge in [0.2, 0.25) is 0 Å². The first-order valence-corrected chi connectivity index (χ1v) is 7.74. The molecule has 0 bridgehead atoms. The number of rotatable bonds is 7. The van der Waals surface area contributed by atoms with E-state index in [-0.39, 0.29) is 0 Å². The molecule has 24 heavy (non-hydrogen) atoms. The molecule has 5 heteroatoms. The van der Waals surface area contributed by atoms with Crippen molar-refractivity contribution in [3.63, 3.8) is 0 Å². The average molecular weight is 321 g/mol. The van der Waals surface area contributed by atoms with Crippen LogP contribution in [0.2, 0.25) is 0 Å². The van der Waals surface area contributed by atoms with Crippen molar-refractivity contribution in [3.05, 3.63) is 73.1 Å². The standard InChI is InChI=1S/C19H19N3O2/c1-23-16-8-2-3-9-17(16)24-15-14-22(18-10-4-6-12-20-18)19-11-5-7-13-21-19/h2-13H,14-15H2,1H3. The van der Waals surface area contributed by atoms with Crippen LogP contribution in [0, 0.1) is 0 Å². The van der Waals surface area contributed by atoms with Gasteiger partial charge in [0.1, 0.15) is 18.2 Å². The molecular weight excluding hydrogens is 302 g/mol. The first-order valence-electron chi connectivity index (χ1n) is 7.74. The van der Waals surface area contributed by atoms with Crippen LogP contribution in [0.25, 0.3) is 0 Å². The van der Waals surface area contributed by atoms with Gasteiger partial charge in [0, 0.05) is 12.4 Å². The SMILES string of the molecule is COc1ccccc1OCCN(c1ccccn1)c1ccccn1. The number of hydrogen-bond acceptors (Lipinski definition) is 5. The first kappa shape index (κ1) is 15.8. The van der Waals surface area contributed by atoms with Gasteiger partial charge in [0.05, 0.1) is 13.7 Å². The number of pyridine rings is 2. The van der Waals surface area contributed by atoms with Gasteiger partial charge in [-0.05, 0) is 36.4 Å². The molecule has 0 radical (unpaired) electrons. The summed E-state index contributed by atoms with van der Waals surface area (Å²) in [5.41, 5.74) is 0. The second-order valence-corrected chi connectivity index (χ2v) is 5.03. The Balaban J connectivity index is 1.73. The van der Waals surface area contributed by atoms with Crippen LogP contribution in [0.3, 0.4) is 0 Å². The van der Waals surface area contributed by atoms with Crippen LogP contribution in [0.5, 0.6) is 11.5 Å². The normalized spacial score (nSPS) is 10.2. The van der Waals surface area contributed by atoms with E-state index in [1.165, 1.54) is 0 Å². The predicted molar refractivity (Wildman–Crippen MR) is 94.0 cm³/mol. The third-order valence-electron chi connectivity index (χ3n) is 3.49. The summed E-state index contributed by atoms with van der Waals surface area (Å²) in [6, 6.07) is 19.2. The minimum atomic E-state index is 0.480. The second-order valence-electron chi connectivity index (χ2n) is 5.03. The maximum absolute atomic E-state index is 5.88. The number of aromatic nitrogens is 2. The molecule has 0 aliphatic rings. The molecule has 1 aromatic carbocycles. The van der Waals surface area contributed by atoms with E-state index in [1.54, 1.807) is 19.5 Å². The zero-order valence-electron chi connectivity index (χ0n) is 13.5. The van der Waals surface area contributed by atoms with Gasteiger partial charge < -0.3 is 14.4 Å². The van der Waals surface area contributed by atoms with E-state index in [2.05, 4.69) is 9.97 Å². The molecule has 0 spiro atoms. The number of hydrogen-bond donors (Lipinski definition) is 0. The van der Waals surface area contributed by atoms with Crippen molar-refractivity contribution >= 4 is 11.6 Å². The van der Waals surface area contributed by atoms with E-state index in [0.29, 0.717) is 13.2 Å². The van der Waals surface area contributed by atoms with Gasteiger partial charge in [0.15, 0.2) is 11.5 Å². The summed E-state index contributed by atoms with van der Waals surface area (Å²) in [6.07, 6.45) is 3.54. The number of para-hydroxylation sites is 2. The Morgan fingerprint density at radius 1 is 0.792 bits per heavy atom. The van der Waals surface area contributed by atoms with Crippen LogP contribution < -0.4 is 14.4 Å². The molecule has 0 amide bonds. The number of methoxy groups -OCH3 is 1. The summed E-state index contributed by atoms with van der Waals surface area (Å²) in [7, 11) is 1.64. The van der Waals surface area contributed by atoms with E-state index < -0.39 is 0 Å². The second kappa shape index (κ2) is 7.97. The van der Waals surface area contributed by atoms with Gasteiger partial charge in [0.25, 0.3) is 0 Å². The van der Waals surface area contributed by atoms with E-state index in [9.17, 15) is 0 Å². The summed E-state index contributed by atoms with van der Waals surface area (Å²) in [6.45, 7) is 1.10. The maximum Gasteiger partial charge on any atom is 0.161 e. The molecule has 3 rings (SSSR count). The summed E-state index contributed by atoms with van der Waals surface area (Å²) in [4.78, 5) is 10.9. The van der Waals surface area contributed by atoms with Gasteiger partial charge in [-0.25, -0.2) is 9.97 Å². The number of anilines is 2. The zero-order valence-corrected chi connectivity index (χ0v) is 13.5. The Hall–Kier alpha value is -3.08. The Morgan fingerprint density at radius 2 is 1.38 bits per heavy atom. The van der Waals surface area contributed by atoms with Crippen LogP contribution in [-0.4, -0.2) is 30.2 Å². The fraction of sp³-hybridized carbons (Fsp3) is 0.158. The van der Waals surface area contributed by atoms with Gasteiger partial charge in [-0.2, -0.15) is 0 Å². The molecule has 5 nitrogen and oxygen atoms in total. The summed E-state index contributed by atoms with van der Waals surface area (Å²) < 4.78 is 11.2. The van der Waals surface area contributed by atoms with Crippen LogP contribution in [0.15, 0.2) is 73.1 Å². The summed E-state index contributed by atoms with van der Waals surface area (Å²) >= 11 is 0. The van der Waals surface area contributed by atoms with Crippen LogP contribution in [0.4, 0.5) is 11.6 Å². The van der Waals surface area contributed by atoms with Crippen molar-refractivity contribution in [1.82, 2.24) is 9.97 Å². The van der Waals surface area contributed by atoms with Crippen LogP contribution >= 0.6 is 0 Å².